The Labute approximate surface area is 142 Å². The second kappa shape index (κ2) is 8.90. The van der Waals surface area contributed by atoms with Crippen molar-refractivity contribution in [1.29, 1.82) is 0 Å². The molecule has 2 atom stereocenters. The molecule has 0 spiro atoms. The van der Waals surface area contributed by atoms with Gasteiger partial charge in [-0.25, -0.2) is 4.98 Å². The number of hydrogen-bond donors (Lipinski definition) is 1. The van der Waals surface area contributed by atoms with Crippen molar-refractivity contribution in [1.82, 2.24) is 15.2 Å². The Morgan fingerprint density at radius 2 is 2.14 bits per heavy atom. The third-order valence-electron chi connectivity index (χ3n) is 3.45. The first-order valence-electron chi connectivity index (χ1n) is 6.53. The number of nitrogens with zero attached hydrogens (tertiary/aromatic N) is 2. The molecule has 0 radical (unpaired) electrons. The normalized spacial score (nSPS) is 19.1. The molecule has 1 saturated heterocycles. The Bertz CT molecular complexity index is 464. The molecule has 2 heterocycles. The summed E-state index contributed by atoms with van der Waals surface area (Å²) in [4.78, 5) is 19.7. The first-order valence-corrected chi connectivity index (χ1v) is 7.35. The Kier molecular flexibility index (Phi) is 8.73. The molecule has 0 bridgehead atoms. The van der Waals surface area contributed by atoms with Crippen LogP contribution in [0.25, 0.3) is 0 Å². The highest BCUT2D eigenvalue weighted by atomic mass is 35.5. The Balaban J connectivity index is 0.00000200. The van der Waals surface area contributed by atoms with E-state index in [0.29, 0.717) is 13.2 Å². The van der Waals surface area contributed by atoms with E-state index in [9.17, 15) is 4.79 Å². The molecule has 1 aromatic rings. The van der Waals surface area contributed by atoms with Gasteiger partial charge in [-0.15, -0.1) is 36.2 Å². The smallest absolute Gasteiger partial charge is 0.253 e. The van der Waals surface area contributed by atoms with Crippen LogP contribution in [-0.2, 0) is 9.53 Å². The van der Waals surface area contributed by atoms with E-state index in [2.05, 4.69) is 10.3 Å². The minimum absolute atomic E-state index is 0. The van der Waals surface area contributed by atoms with Crippen molar-refractivity contribution in [2.45, 2.75) is 32.9 Å². The summed E-state index contributed by atoms with van der Waals surface area (Å²) in [5.74, 6) is 0.0325. The van der Waals surface area contributed by atoms with Crippen molar-refractivity contribution in [2.24, 2.45) is 0 Å². The maximum Gasteiger partial charge on any atom is 0.253 e. The van der Waals surface area contributed by atoms with Crippen LogP contribution in [0.1, 0.15) is 28.5 Å². The molecule has 1 N–H and O–H groups in total. The van der Waals surface area contributed by atoms with Crippen molar-refractivity contribution >= 4 is 42.1 Å². The number of aromatic nitrogens is 1. The van der Waals surface area contributed by atoms with Crippen LogP contribution in [0.2, 0.25) is 0 Å². The first-order chi connectivity index (χ1) is 9.00. The van der Waals surface area contributed by atoms with Crippen LogP contribution in [0, 0.1) is 13.8 Å². The van der Waals surface area contributed by atoms with Crippen LogP contribution in [0.3, 0.4) is 0 Å². The van der Waals surface area contributed by atoms with E-state index in [1.165, 1.54) is 0 Å². The summed E-state index contributed by atoms with van der Waals surface area (Å²) in [5, 5.41) is 4.22. The number of hydrogen-bond acceptors (Lipinski definition) is 5. The molecular weight excluding hydrogens is 333 g/mol. The minimum Gasteiger partial charge on any atom is -0.366 e. The van der Waals surface area contributed by atoms with Crippen LogP contribution >= 0.6 is 36.2 Å². The number of likely N-dealkylation sites (N-methyl/N-ethyl adjacent to an activating group) is 1. The number of carbonyl (C=O) groups is 1. The molecule has 8 heteroatoms. The molecule has 0 saturated carbocycles. The first kappa shape index (κ1) is 20.6. The molecule has 0 aromatic carbocycles. The van der Waals surface area contributed by atoms with Gasteiger partial charge < -0.3 is 15.0 Å². The van der Waals surface area contributed by atoms with Gasteiger partial charge in [0.1, 0.15) is 6.10 Å². The zero-order valence-corrected chi connectivity index (χ0v) is 15.2. The number of carbonyl (C=O) groups excluding carboxylic acids is 1. The number of aryl methyl sites for hydroxylation is 2. The number of morpholine rings is 1. The molecule has 21 heavy (non-hydrogen) atoms. The number of halogens is 2. The second-order valence-electron chi connectivity index (χ2n) is 4.87. The standard InChI is InChI=1S/C13H21N3O2S.2ClH/c1-8-12(19-10(3)15-8)9(2)16(4)13(17)11-7-14-5-6-18-11;;/h9,11,14H,5-7H2,1-4H3;2*1H. The highest BCUT2D eigenvalue weighted by Crippen LogP contribution is 2.28. The molecule has 5 nitrogen and oxygen atoms in total. The molecule has 0 aliphatic carbocycles. The maximum atomic E-state index is 12.4. The fourth-order valence-corrected chi connectivity index (χ4v) is 3.28. The van der Waals surface area contributed by atoms with E-state index in [1.807, 2.05) is 27.8 Å². The quantitative estimate of drug-likeness (QED) is 0.901. The predicted octanol–water partition coefficient (Wildman–Crippen LogP) is 2.11. The largest absolute Gasteiger partial charge is 0.366 e. The van der Waals surface area contributed by atoms with E-state index >= 15 is 0 Å². The molecule has 1 aliphatic heterocycles. The van der Waals surface area contributed by atoms with Crippen LogP contribution in [0.4, 0.5) is 0 Å². The van der Waals surface area contributed by atoms with Gasteiger partial charge in [-0.2, -0.15) is 0 Å². The zero-order chi connectivity index (χ0) is 14.0. The Morgan fingerprint density at radius 3 is 2.62 bits per heavy atom. The number of thiazole rings is 1. The molecule has 1 amide bonds. The topological polar surface area (TPSA) is 54.5 Å². The zero-order valence-electron chi connectivity index (χ0n) is 12.7. The molecule has 1 aliphatic rings. The summed E-state index contributed by atoms with van der Waals surface area (Å²) in [5.41, 5.74) is 1.01. The fourth-order valence-electron chi connectivity index (χ4n) is 2.25. The van der Waals surface area contributed by atoms with Crippen LogP contribution < -0.4 is 5.32 Å². The molecule has 2 unspecified atom stereocenters. The van der Waals surface area contributed by atoms with Crippen LogP contribution in [-0.4, -0.2) is 48.6 Å². The van der Waals surface area contributed by atoms with Gasteiger partial charge in [0.25, 0.3) is 5.91 Å². The average molecular weight is 356 g/mol. The van der Waals surface area contributed by atoms with Gasteiger partial charge in [-0.05, 0) is 20.8 Å². The molecule has 1 fully saturated rings. The maximum absolute atomic E-state index is 12.4. The lowest BCUT2D eigenvalue weighted by atomic mass is 10.2. The van der Waals surface area contributed by atoms with E-state index < -0.39 is 0 Å². The van der Waals surface area contributed by atoms with Gasteiger partial charge >= 0.3 is 0 Å². The van der Waals surface area contributed by atoms with Crippen molar-refractivity contribution < 1.29 is 9.53 Å². The lowest BCUT2D eigenvalue weighted by Crippen LogP contribution is -2.48. The van der Waals surface area contributed by atoms with Crippen molar-refractivity contribution in [3.05, 3.63) is 15.6 Å². The fraction of sp³-hybridized carbons (Fsp3) is 0.692. The monoisotopic (exact) mass is 355 g/mol. The molecule has 2 rings (SSSR count). The summed E-state index contributed by atoms with van der Waals surface area (Å²) >= 11 is 1.65. The number of ether oxygens (including phenoxy) is 1. The van der Waals surface area contributed by atoms with Crippen molar-refractivity contribution in [2.75, 3.05) is 26.7 Å². The summed E-state index contributed by atoms with van der Waals surface area (Å²) in [6, 6.07) is 0.0317. The number of rotatable bonds is 3. The third-order valence-corrected chi connectivity index (χ3v) is 4.69. The molecule has 1 aromatic heterocycles. The minimum atomic E-state index is -0.365. The summed E-state index contributed by atoms with van der Waals surface area (Å²) in [6.45, 7) is 8.02. The summed E-state index contributed by atoms with van der Waals surface area (Å²) < 4.78 is 5.52. The lowest BCUT2D eigenvalue weighted by Gasteiger charge is -2.30. The number of amides is 1. The van der Waals surface area contributed by atoms with Crippen LogP contribution in [0.5, 0.6) is 0 Å². The number of nitrogens with one attached hydrogen (secondary N) is 1. The van der Waals surface area contributed by atoms with Crippen molar-refractivity contribution in [3.63, 3.8) is 0 Å². The van der Waals surface area contributed by atoms with E-state index in [0.717, 1.165) is 22.1 Å². The van der Waals surface area contributed by atoms with Crippen LogP contribution in [0.15, 0.2) is 0 Å². The Morgan fingerprint density at radius 1 is 1.48 bits per heavy atom. The highest BCUT2D eigenvalue weighted by Gasteiger charge is 2.29. The van der Waals surface area contributed by atoms with Gasteiger partial charge in [-0.1, -0.05) is 0 Å². The van der Waals surface area contributed by atoms with Gasteiger partial charge in [0.15, 0.2) is 0 Å². The van der Waals surface area contributed by atoms with Gasteiger partial charge in [0, 0.05) is 25.0 Å². The van der Waals surface area contributed by atoms with Crippen molar-refractivity contribution in [3.8, 4) is 0 Å². The van der Waals surface area contributed by atoms with E-state index in [1.54, 1.807) is 16.2 Å². The summed E-state index contributed by atoms with van der Waals surface area (Å²) in [6.07, 6.45) is -0.365. The Hall–Kier alpha value is -0.400. The van der Waals surface area contributed by atoms with E-state index in [4.69, 9.17) is 4.74 Å². The highest BCUT2D eigenvalue weighted by molar-refractivity contribution is 7.11. The van der Waals surface area contributed by atoms with Gasteiger partial charge in [0.05, 0.1) is 23.4 Å². The van der Waals surface area contributed by atoms with Gasteiger partial charge in [-0.3, -0.25) is 4.79 Å². The molecule has 122 valence electrons. The third kappa shape index (κ3) is 4.79. The van der Waals surface area contributed by atoms with E-state index in [-0.39, 0.29) is 42.9 Å². The predicted molar refractivity (Wildman–Crippen MR) is 89.9 cm³/mol. The summed E-state index contributed by atoms with van der Waals surface area (Å²) in [7, 11) is 1.83. The lowest BCUT2D eigenvalue weighted by molar-refractivity contribution is -0.145. The van der Waals surface area contributed by atoms with Gasteiger partial charge in [0.2, 0.25) is 0 Å². The molecular formula is C13H23Cl2N3O2S. The average Bonchev–Trinajstić information content (AvgIpc) is 2.76. The SMILES string of the molecule is Cc1nc(C)c(C(C)N(C)C(=O)C2CNCCO2)s1.Cl.Cl. The second-order valence-corrected chi connectivity index (χ2v) is 6.11.